The first kappa shape index (κ1) is 29.9. The Bertz CT molecular complexity index is 2670. The Labute approximate surface area is 302 Å². The molecule has 0 fully saturated rings. The summed E-state index contributed by atoms with van der Waals surface area (Å²) in [6.45, 7) is 0. The lowest BCUT2D eigenvalue weighted by atomic mass is 10.0. The number of hydrogen-bond acceptors (Lipinski definition) is 1. The molecular formula is C48H33NSSi. The van der Waals surface area contributed by atoms with Crippen LogP contribution in [0, 0.1) is 0 Å². The second-order valence-electron chi connectivity index (χ2n) is 13.3. The lowest BCUT2D eigenvalue weighted by molar-refractivity contribution is 1.54. The second-order valence-corrected chi connectivity index (χ2v) is 18.2. The molecule has 1 N–H and O–H groups in total. The molecule has 51 heavy (non-hydrogen) atoms. The first-order valence-electron chi connectivity index (χ1n) is 17.5. The standard InChI is InChI=1S/C48H33NSSi/c1-3-17-35(18-4-1)51(36-19-5-2-6-20-36,37-21-11-15-33(31-37)39-25-13-27-43-41-23-7-9-29-45(41)49-47(39)43)38-22-12-16-34(32-38)40-26-14-28-44-42-24-8-10-30-46(42)50-48(40)44/h1-32,49H. The Balaban J connectivity index is 1.24. The lowest BCUT2D eigenvalue weighted by Crippen LogP contribution is -2.74. The van der Waals surface area contributed by atoms with Crippen molar-refractivity contribution in [2.24, 2.45) is 0 Å². The molecule has 0 aliphatic rings. The van der Waals surface area contributed by atoms with Crippen LogP contribution in [0.3, 0.4) is 0 Å². The number of thiophene rings is 1. The summed E-state index contributed by atoms with van der Waals surface area (Å²) in [5.41, 5.74) is 7.34. The van der Waals surface area contributed by atoms with Crippen LogP contribution in [0.4, 0.5) is 0 Å². The molecule has 3 heteroatoms. The second kappa shape index (κ2) is 12.1. The number of hydrogen-bond donors (Lipinski definition) is 1. The number of para-hydroxylation sites is 2. The van der Waals surface area contributed by atoms with Crippen molar-refractivity contribution in [3.63, 3.8) is 0 Å². The summed E-state index contributed by atoms with van der Waals surface area (Å²) in [5.74, 6) is 0. The summed E-state index contributed by atoms with van der Waals surface area (Å²) in [4.78, 5) is 3.76. The van der Waals surface area contributed by atoms with Gasteiger partial charge in [-0.15, -0.1) is 11.3 Å². The molecule has 0 spiro atoms. The Morgan fingerprint density at radius 2 is 0.882 bits per heavy atom. The van der Waals surface area contributed by atoms with E-state index in [4.69, 9.17) is 0 Å². The van der Waals surface area contributed by atoms with Gasteiger partial charge in [-0.05, 0) is 49.6 Å². The third-order valence-electron chi connectivity index (χ3n) is 10.6. The minimum atomic E-state index is -2.83. The maximum atomic E-state index is 3.76. The van der Waals surface area contributed by atoms with Gasteiger partial charge in [-0.3, -0.25) is 0 Å². The van der Waals surface area contributed by atoms with Crippen LogP contribution in [0.1, 0.15) is 0 Å². The average molecular weight is 684 g/mol. The van der Waals surface area contributed by atoms with Crippen molar-refractivity contribution in [3.8, 4) is 22.3 Å². The van der Waals surface area contributed by atoms with Crippen LogP contribution in [-0.4, -0.2) is 13.1 Å². The Hall–Kier alpha value is -6.00. The van der Waals surface area contributed by atoms with Gasteiger partial charge >= 0.3 is 0 Å². The average Bonchev–Trinajstić information content (AvgIpc) is 3.78. The van der Waals surface area contributed by atoms with E-state index in [0.717, 1.165) is 0 Å². The van der Waals surface area contributed by atoms with Gasteiger partial charge in [-0.1, -0.05) is 182 Å². The fourth-order valence-electron chi connectivity index (χ4n) is 8.30. The van der Waals surface area contributed by atoms with Crippen molar-refractivity contribution in [2.75, 3.05) is 0 Å². The molecule has 0 aliphatic heterocycles. The molecule has 0 amide bonds. The largest absolute Gasteiger partial charge is 0.354 e. The van der Waals surface area contributed by atoms with Gasteiger partial charge in [0.1, 0.15) is 0 Å². The van der Waals surface area contributed by atoms with E-state index in [0.29, 0.717) is 0 Å². The van der Waals surface area contributed by atoms with Gasteiger partial charge in [0, 0.05) is 42.0 Å². The molecule has 0 saturated carbocycles. The van der Waals surface area contributed by atoms with Crippen LogP contribution in [-0.2, 0) is 0 Å². The molecule has 2 aromatic heterocycles. The number of aromatic amines is 1. The molecule has 0 unspecified atom stereocenters. The van der Waals surface area contributed by atoms with Crippen LogP contribution in [0.25, 0.3) is 64.2 Å². The third-order valence-corrected chi connectivity index (χ3v) is 16.5. The van der Waals surface area contributed by atoms with Gasteiger partial charge in [0.25, 0.3) is 0 Å². The highest BCUT2D eigenvalue weighted by Gasteiger charge is 2.41. The summed E-state index contributed by atoms with van der Waals surface area (Å²) in [7, 11) is -2.83. The highest BCUT2D eigenvalue weighted by atomic mass is 32.1. The fourth-order valence-corrected chi connectivity index (χ4v) is 14.4. The quantitative estimate of drug-likeness (QED) is 0.133. The molecule has 10 rings (SSSR count). The number of rotatable bonds is 6. The maximum Gasteiger partial charge on any atom is 0.179 e. The third kappa shape index (κ3) is 4.74. The zero-order valence-electron chi connectivity index (χ0n) is 27.9. The van der Waals surface area contributed by atoms with E-state index in [-0.39, 0.29) is 0 Å². The number of H-pyrrole nitrogens is 1. The molecule has 10 aromatic rings. The highest BCUT2D eigenvalue weighted by molar-refractivity contribution is 7.26. The van der Waals surface area contributed by atoms with Gasteiger partial charge < -0.3 is 4.98 Å². The topological polar surface area (TPSA) is 15.8 Å². The first-order valence-corrected chi connectivity index (χ1v) is 20.3. The van der Waals surface area contributed by atoms with Crippen molar-refractivity contribution < 1.29 is 0 Å². The van der Waals surface area contributed by atoms with Gasteiger partial charge in [-0.25, -0.2) is 0 Å². The smallest absolute Gasteiger partial charge is 0.179 e. The summed E-state index contributed by atoms with van der Waals surface area (Å²) in [6, 6.07) is 72.2. The summed E-state index contributed by atoms with van der Waals surface area (Å²) >= 11 is 1.90. The summed E-state index contributed by atoms with van der Waals surface area (Å²) < 4.78 is 2.67. The Morgan fingerprint density at radius 1 is 0.373 bits per heavy atom. The normalized spacial score (nSPS) is 11.9. The molecular weight excluding hydrogens is 651 g/mol. The van der Waals surface area contributed by atoms with Crippen LogP contribution in [0.15, 0.2) is 194 Å². The van der Waals surface area contributed by atoms with E-state index in [1.807, 2.05) is 11.3 Å². The Kier molecular flexibility index (Phi) is 7.09. The van der Waals surface area contributed by atoms with E-state index in [2.05, 4.69) is 199 Å². The fraction of sp³-hybridized carbons (Fsp3) is 0. The van der Waals surface area contributed by atoms with Gasteiger partial charge in [-0.2, -0.15) is 0 Å². The van der Waals surface area contributed by atoms with Crippen LogP contribution >= 0.6 is 11.3 Å². The maximum absolute atomic E-state index is 3.76. The zero-order valence-corrected chi connectivity index (χ0v) is 29.7. The predicted octanol–water partition coefficient (Wildman–Crippen LogP) is 10.4. The molecule has 8 aromatic carbocycles. The zero-order chi connectivity index (χ0) is 33.8. The molecule has 0 bridgehead atoms. The van der Waals surface area contributed by atoms with Crippen molar-refractivity contribution in [2.45, 2.75) is 0 Å². The number of aromatic nitrogens is 1. The lowest BCUT2D eigenvalue weighted by Gasteiger charge is -2.35. The monoisotopic (exact) mass is 683 g/mol. The van der Waals surface area contributed by atoms with E-state index < -0.39 is 8.07 Å². The van der Waals surface area contributed by atoms with E-state index in [9.17, 15) is 0 Å². The summed E-state index contributed by atoms with van der Waals surface area (Å²) in [6.07, 6.45) is 0. The van der Waals surface area contributed by atoms with Crippen LogP contribution in [0.2, 0.25) is 0 Å². The van der Waals surface area contributed by atoms with Gasteiger partial charge in [0.15, 0.2) is 8.07 Å². The number of fused-ring (bicyclic) bond motifs is 6. The Morgan fingerprint density at radius 3 is 1.59 bits per heavy atom. The first-order chi connectivity index (χ1) is 25.3. The van der Waals surface area contributed by atoms with Crippen molar-refractivity contribution in [1.82, 2.24) is 4.98 Å². The highest BCUT2D eigenvalue weighted by Crippen LogP contribution is 2.40. The molecule has 0 aliphatic carbocycles. The number of benzene rings is 8. The van der Waals surface area contributed by atoms with Crippen molar-refractivity contribution >= 4 is 82.1 Å². The summed E-state index contributed by atoms with van der Waals surface area (Å²) in [5, 5.41) is 10.6. The van der Waals surface area contributed by atoms with Crippen molar-refractivity contribution in [1.29, 1.82) is 0 Å². The molecule has 0 atom stereocenters. The van der Waals surface area contributed by atoms with E-state index in [1.165, 1.54) is 85.0 Å². The predicted molar refractivity (Wildman–Crippen MR) is 223 cm³/mol. The van der Waals surface area contributed by atoms with Crippen LogP contribution in [0.5, 0.6) is 0 Å². The minimum absolute atomic E-state index is 1.17. The molecule has 240 valence electrons. The molecule has 0 radical (unpaired) electrons. The molecule has 1 nitrogen and oxygen atoms in total. The molecule has 2 heterocycles. The number of nitrogens with one attached hydrogen (secondary N) is 1. The van der Waals surface area contributed by atoms with Gasteiger partial charge in [0.2, 0.25) is 0 Å². The van der Waals surface area contributed by atoms with Gasteiger partial charge in [0.05, 0.1) is 5.52 Å². The van der Waals surface area contributed by atoms with Crippen LogP contribution < -0.4 is 20.7 Å². The van der Waals surface area contributed by atoms with E-state index in [1.54, 1.807) is 0 Å². The SMILES string of the molecule is c1ccc([Si](c2ccccc2)(c2cccc(-c3cccc4c3[nH]c3ccccc34)c2)c2cccc(-c3cccc4c3sc3ccccc34)c2)cc1. The molecule has 0 saturated heterocycles. The minimum Gasteiger partial charge on any atom is -0.354 e. The van der Waals surface area contributed by atoms with Crippen molar-refractivity contribution in [3.05, 3.63) is 194 Å². The van der Waals surface area contributed by atoms with E-state index >= 15 is 0 Å².